The highest BCUT2D eigenvalue weighted by Crippen LogP contribution is 2.18. The Hall–Kier alpha value is -1.13. The van der Waals surface area contributed by atoms with Crippen LogP contribution in [0.2, 0.25) is 0 Å². The molecule has 0 saturated heterocycles. The number of esters is 2. The number of alkyl halides is 1. The first kappa shape index (κ1) is 12.9. The van der Waals surface area contributed by atoms with Crippen LogP contribution < -0.4 is 0 Å². The minimum Gasteiger partial charge on any atom is -0.469 e. The fourth-order valence-electron chi connectivity index (χ4n) is 0.752. The van der Waals surface area contributed by atoms with Gasteiger partial charge in [0.2, 0.25) is 5.67 Å². The number of methoxy groups -OCH3 is 1. The summed E-state index contributed by atoms with van der Waals surface area (Å²) in [5, 5.41) is 0. The van der Waals surface area contributed by atoms with E-state index in [-0.39, 0.29) is 0 Å². The Morgan fingerprint density at radius 3 is 2.29 bits per heavy atom. The average molecular weight is 206 g/mol. The summed E-state index contributed by atoms with van der Waals surface area (Å²) in [6, 6.07) is 0. The van der Waals surface area contributed by atoms with Crippen molar-refractivity contribution in [3.8, 4) is 0 Å². The Morgan fingerprint density at radius 1 is 1.43 bits per heavy atom. The second-order valence-corrected chi connectivity index (χ2v) is 3.40. The van der Waals surface area contributed by atoms with Crippen LogP contribution in [-0.4, -0.2) is 30.8 Å². The van der Waals surface area contributed by atoms with Gasteiger partial charge in [0, 0.05) is 0 Å². The minimum atomic E-state index is -2.32. The highest BCUT2D eigenvalue weighted by Gasteiger charge is 2.38. The van der Waals surface area contributed by atoms with Crippen molar-refractivity contribution >= 4 is 11.9 Å². The summed E-state index contributed by atoms with van der Waals surface area (Å²) < 4.78 is 22.4. The number of halogens is 1. The largest absolute Gasteiger partial charge is 0.469 e. The number of hydrogen-bond acceptors (Lipinski definition) is 4. The Morgan fingerprint density at radius 2 is 1.93 bits per heavy atom. The third-order valence-corrected chi connectivity index (χ3v) is 1.47. The molecule has 0 aliphatic heterocycles. The molecule has 0 amide bonds. The van der Waals surface area contributed by atoms with Crippen LogP contribution in [0, 0.1) is 0 Å². The monoisotopic (exact) mass is 206 g/mol. The van der Waals surface area contributed by atoms with Gasteiger partial charge in [-0.15, -0.1) is 0 Å². The molecule has 0 aliphatic rings. The first-order valence-electron chi connectivity index (χ1n) is 4.26. The van der Waals surface area contributed by atoms with Gasteiger partial charge in [-0.25, -0.2) is 9.18 Å². The maximum absolute atomic E-state index is 13.5. The Kier molecular flexibility index (Phi) is 4.53. The van der Waals surface area contributed by atoms with Gasteiger partial charge in [0.15, 0.2) is 0 Å². The molecule has 82 valence electrons. The van der Waals surface area contributed by atoms with Crippen molar-refractivity contribution in [3.05, 3.63) is 0 Å². The molecule has 0 aromatic rings. The van der Waals surface area contributed by atoms with E-state index in [4.69, 9.17) is 0 Å². The molecule has 0 rings (SSSR count). The van der Waals surface area contributed by atoms with Gasteiger partial charge in [-0.05, 0) is 20.8 Å². The Labute approximate surface area is 82.4 Å². The molecule has 0 bridgehead atoms. The van der Waals surface area contributed by atoms with Gasteiger partial charge < -0.3 is 9.47 Å². The van der Waals surface area contributed by atoms with Crippen molar-refractivity contribution in [1.82, 2.24) is 0 Å². The fraction of sp³-hybridized carbons (Fsp3) is 0.778. The normalized spacial score (nSPS) is 14.7. The van der Waals surface area contributed by atoms with E-state index in [0.29, 0.717) is 0 Å². The lowest BCUT2D eigenvalue weighted by Gasteiger charge is -2.18. The van der Waals surface area contributed by atoms with E-state index in [2.05, 4.69) is 9.47 Å². The van der Waals surface area contributed by atoms with Crippen molar-refractivity contribution in [2.75, 3.05) is 7.11 Å². The summed E-state index contributed by atoms with van der Waals surface area (Å²) in [6.45, 7) is 4.20. The van der Waals surface area contributed by atoms with Crippen LogP contribution in [0.25, 0.3) is 0 Å². The number of rotatable bonds is 4. The minimum absolute atomic E-state index is 0.407. The summed E-state index contributed by atoms with van der Waals surface area (Å²) in [5.74, 6) is -1.83. The van der Waals surface area contributed by atoms with Gasteiger partial charge in [0.05, 0.1) is 19.6 Å². The molecule has 0 saturated carbocycles. The molecule has 0 spiro atoms. The van der Waals surface area contributed by atoms with Gasteiger partial charge >= 0.3 is 11.9 Å². The number of ether oxygens (including phenoxy) is 2. The molecule has 14 heavy (non-hydrogen) atoms. The lowest BCUT2D eigenvalue weighted by molar-refractivity contribution is -0.165. The molecule has 0 N–H and O–H groups in total. The highest BCUT2D eigenvalue weighted by molar-refractivity contribution is 5.85. The first-order valence-corrected chi connectivity index (χ1v) is 4.26. The molecule has 5 heteroatoms. The Bertz CT molecular complexity index is 223. The topological polar surface area (TPSA) is 52.6 Å². The fourth-order valence-corrected chi connectivity index (χ4v) is 0.752. The maximum Gasteiger partial charge on any atom is 0.344 e. The zero-order valence-electron chi connectivity index (χ0n) is 8.80. The van der Waals surface area contributed by atoms with E-state index in [0.717, 1.165) is 14.0 Å². The van der Waals surface area contributed by atoms with E-state index in [1.807, 2.05) is 0 Å². The van der Waals surface area contributed by atoms with E-state index in [9.17, 15) is 14.0 Å². The molecule has 0 aromatic carbocycles. The van der Waals surface area contributed by atoms with Crippen LogP contribution in [0.1, 0.15) is 27.2 Å². The van der Waals surface area contributed by atoms with Gasteiger partial charge in [-0.2, -0.15) is 0 Å². The van der Waals surface area contributed by atoms with Crippen LogP contribution in [0.4, 0.5) is 4.39 Å². The van der Waals surface area contributed by atoms with Crippen LogP contribution in [-0.2, 0) is 19.1 Å². The number of carbonyl (C=O) groups excluding carboxylic acids is 2. The smallest absolute Gasteiger partial charge is 0.344 e. The summed E-state index contributed by atoms with van der Waals surface area (Å²) in [7, 11) is 1.13. The summed E-state index contributed by atoms with van der Waals surface area (Å²) in [6.07, 6.45) is -1.04. The quantitative estimate of drug-likeness (QED) is 0.649. The third-order valence-electron chi connectivity index (χ3n) is 1.47. The molecule has 0 fully saturated rings. The van der Waals surface area contributed by atoms with Gasteiger partial charge in [0.25, 0.3) is 0 Å². The van der Waals surface area contributed by atoms with E-state index in [1.54, 1.807) is 13.8 Å². The third kappa shape index (κ3) is 4.20. The first-order chi connectivity index (χ1) is 6.29. The van der Waals surface area contributed by atoms with Crippen molar-refractivity contribution in [2.45, 2.75) is 39.0 Å². The van der Waals surface area contributed by atoms with Crippen LogP contribution in [0.15, 0.2) is 0 Å². The standard InChI is InChI=1S/C9H15FO4/c1-6(2)14-8(12)9(3,10)5-7(11)13-4/h6H,5H2,1-4H3. The second-order valence-electron chi connectivity index (χ2n) is 3.40. The van der Waals surface area contributed by atoms with Gasteiger partial charge in [0.1, 0.15) is 0 Å². The molecular weight excluding hydrogens is 191 g/mol. The molecule has 0 aromatic heterocycles. The lowest BCUT2D eigenvalue weighted by atomic mass is 10.1. The summed E-state index contributed by atoms with van der Waals surface area (Å²) in [4.78, 5) is 21.9. The molecule has 1 unspecified atom stereocenters. The van der Waals surface area contributed by atoms with E-state index in [1.165, 1.54) is 0 Å². The maximum atomic E-state index is 13.5. The van der Waals surface area contributed by atoms with Gasteiger partial charge in [-0.1, -0.05) is 0 Å². The predicted molar refractivity (Wildman–Crippen MR) is 47.4 cm³/mol. The van der Waals surface area contributed by atoms with Crippen LogP contribution >= 0.6 is 0 Å². The van der Waals surface area contributed by atoms with E-state index >= 15 is 0 Å². The zero-order chi connectivity index (χ0) is 11.4. The molecule has 0 heterocycles. The number of carbonyl (C=O) groups is 2. The highest BCUT2D eigenvalue weighted by atomic mass is 19.1. The Balaban J connectivity index is 4.30. The van der Waals surface area contributed by atoms with Crippen LogP contribution in [0.3, 0.4) is 0 Å². The lowest BCUT2D eigenvalue weighted by Crippen LogP contribution is -2.36. The molecule has 4 nitrogen and oxygen atoms in total. The van der Waals surface area contributed by atoms with Crippen molar-refractivity contribution < 1.29 is 23.5 Å². The van der Waals surface area contributed by atoms with Gasteiger partial charge in [-0.3, -0.25) is 4.79 Å². The van der Waals surface area contributed by atoms with E-state index < -0.39 is 30.1 Å². The summed E-state index contributed by atoms with van der Waals surface area (Å²) >= 11 is 0. The SMILES string of the molecule is COC(=O)CC(C)(F)C(=O)OC(C)C. The van der Waals surface area contributed by atoms with Crippen molar-refractivity contribution in [3.63, 3.8) is 0 Å². The predicted octanol–water partition coefficient (Wildman–Crippen LogP) is 1.23. The van der Waals surface area contributed by atoms with Crippen molar-refractivity contribution in [1.29, 1.82) is 0 Å². The number of hydrogen-bond donors (Lipinski definition) is 0. The molecular formula is C9H15FO4. The summed E-state index contributed by atoms with van der Waals surface area (Å²) in [5.41, 5.74) is -2.32. The zero-order valence-corrected chi connectivity index (χ0v) is 8.80. The second kappa shape index (κ2) is 4.93. The van der Waals surface area contributed by atoms with Crippen LogP contribution in [0.5, 0.6) is 0 Å². The average Bonchev–Trinajstić information content (AvgIpc) is 2.02. The molecule has 0 aliphatic carbocycles. The molecule has 0 radical (unpaired) electrons. The van der Waals surface area contributed by atoms with Crippen molar-refractivity contribution in [2.24, 2.45) is 0 Å². The molecule has 1 atom stereocenters.